The van der Waals surface area contributed by atoms with E-state index < -0.39 is 0 Å². The molecule has 2 heterocycles. The van der Waals surface area contributed by atoms with E-state index in [-0.39, 0.29) is 11.7 Å². The smallest absolute Gasteiger partial charge is 0.226 e. The lowest BCUT2D eigenvalue weighted by molar-refractivity contribution is -0.919. The Balaban J connectivity index is 1.53. The van der Waals surface area contributed by atoms with Crippen LogP contribution in [-0.4, -0.2) is 62.4 Å². The fourth-order valence-electron chi connectivity index (χ4n) is 3.64. The summed E-state index contributed by atoms with van der Waals surface area (Å²) in [6.07, 6.45) is 1.83. The van der Waals surface area contributed by atoms with Gasteiger partial charge in [0, 0.05) is 31.8 Å². The van der Waals surface area contributed by atoms with E-state index in [0.29, 0.717) is 24.9 Å². The van der Waals surface area contributed by atoms with Crippen LogP contribution in [0.25, 0.3) is 0 Å². The third-order valence-corrected chi connectivity index (χ3v) is 5.11. The molecule has 6 nitrogen and oxygen atoms in total. The largest absolute Gasteiger partial charge is 0.504 e. The van der Waals surface area contributed by atoms with Crippen molar-refractivity contribution in [1.82, 2.24) is 4.90 Å². The Morgan fingerprint density at radius 3 is 2.71 bits per heavy atom. The molecule has 1 aromatic carbocycles. The molecule has 2 saturated heterocycles. The summed E-state index contributed by atoms with van der Waals surface area (Å²) in [5.41, 5.74) is 0.905. The van der Waals surface area contributed by atoms with Crippen LogP contribution in [0, 0.1) is 5.92 Å². The Morgan fingerprint density at radius 1 is 1.33 bits per heavy atom. The number of carbonyl (C=O) groups excluding carboxylic acids is 1. The van der Waals surface area contributed by atoms with Gasteiger partial charge in [0.25, 0.3) is 0 Å². The highest BCUT2D eigenvalue weighted by molar-refractivity contribution is 5.79. The summed E-state index contributed by atoms with van der Waals surface area (Å²) in [7, 11) is 1.56. The number of benzene rings is 1. The summed E-state index contributed by atoms with van der Waals surface area (Å²) < 4.78 is 10.5. The Labute approximate surface area is 143 Å². The lowest BCUT2D eigenvalue weighted by Gasteiger charge is -2.34. The molecule has 1 amide bonds. The maximum atomic E-state index is 12.6. The van der Waals surface area contributed by atoms with Crippen molar-refractivity contribution in [2.45, 2.75) is 19.4 Å². The number of hydrogen-bond acceptors (Lipinski definition) is 4. The second-order valence-corrected chi connectivity index (χ2v) is 6.61. The molecule has 2 aliphatic heterocycles. The van der Waals surface area contributed by atoms with Crippen LogP contribution in [0.1, 0.15) is 18.4 Å². The van der Waals surface area contributed by atoms with Gasteiger partial charge in [-0.15, -0.1) is 0 Å². The summed E-state index contributed by atoms with van der Waals surface area (Å²) in [4.78, 5) is 15.9. The second-order valence-electron chi connectivity index (χ2n) is 6.61. The maximum Gasteiger partial charge on any atom is 0.226 e. The molecule has 0 bridgehead atoms. The molecule has 0 atom stereocenters. The molecule has 2 fully saturated rings. The highest BCUT2D eigenvalue weighted by Crippen LogP contribution is 2.28. The zero-order valence-electron chi connectivity index (χ0n) is 14.3. The van der Waals surface area contributed by atoms with Crippen molar-refractivity contribution < 1.29 is 24.3 Å². The van der Waals surface area contributed by atoms with E-state index in [1.807, 2.05) is 17.0 Å². The van der Waals surface area contributed by atoms with E-state index in [0.717, 1.165) is 51.1 Å². The third-order valence-electron chi connectivity index (χ3n) is 5.11. The van der Waals surface area contributed by atoms with Crippen LogP contribution in [0.3, 0.4) is 0 Å². The number of morpholine rings is 1. The molecule has 2 N–H and O–H groups in total. The summed E-state index contributed by atoms with van der Waals surface area (Å²) in [5, 5.41) is 10.2. The number of nitrogens with one attached hydrogen (secondary N) is 1. The number of amides is 1. The number of piperidine rings is 1. The minimum atomic E-state index is 0.144. The van der Waals surface area contributed by atoms with Gasteiger partial charge in [-0.3, -0.25) is 4.79 Å². The molecule has 3 rings (SSSR count). The highest BCUT2D eigenvalue weighted by Gasteiger charge is 2.31. The van der Waals surface area contributed by atoms with Crippen molar-refractivity contribution in [1.29, 1.82) is 0 Å². The molecule has 24 heavy (non-hydrogen) atoms. The van der Waals surface area contributed by atoms with Gasteiger partial charge < -0.3 is 24.4 Å². The van der Waals surface area contributed by atoms with Gasteiger partial charge in [0.05, 0.1) is 39.0 Å². The topological polar surface area (TPSA) is 63.4 Å². The normalized spacial score (nSPS) is 24.6. The number of phenols is 1. The number of aromatic hydroxyl groups is 1. The molecule has 0 spiro atoms. The van der Waals surface area contributed by atoms with Gasteiger partial charge >= 0.3 is 0 Å². The summed E-state index contributed by atoms with van der Waals surface area (Å²) in [6, 6.07) is 5.61. The van der Waals surface area contributed by atoms with Crippen molar-refractivity contribution in [2.24, 2.45) is 5.92 Å². The first-order chi connectivity index (χ1) is 11.7. The first-order valence-electron chi connectivity index (χ1n) is 8.74. The predicted molar refractivity (Wildman–Crippen MR) is 89.2 cm³/mol. The van der Waals surface area contributed by atoms with E-state index in [1.165, 1.54) is 4.90 Å². The van der Waals surface area contributed by atoms with Gasteiger partial charge in [-0.1, -0.05) is 6.07 Å². The summed E-state index contributed by atoms with van der Waals surface area (Å²) >= 11 is 0. The first-order valence-corrected chi connectivity index (χ1v) is 8.74. The number of methoxy groups -OCH3 is 1. The quantitative estimate of drug-likeness (QED) is 0.816. The SMILES string of the molecule is COc1cccc(C[NH+]2CCC(C(=O)N3CCOCC3)CC2)c1O. The molecule has 0 saturated carbocycles. The molecule has 0 radical (unpaired) electrons. The van der Waals surface area contributed by atoms with Crippen molar-refractivity contribution in [3.8, 4) is 11.5 Å². The Morgan fingerprint density at radius 2 is 2.04 bits per heavy atom. The van der Waals surface area contributed by atoms with Crippen LogP contribution in [0.2, 0.25) is 0 Å². The summed E-state index contributed by atoms with van der Waals surface area (Å²) in [6.45, 7) is 5.44. The minimum Gasteiger partial charge on any atom is -0.504 e. The van der Waals surface area contributed by atoms with Crippen LogP contribution in [-0.2, 0) is 16.1 Å². The molecular formula is C18H27N2O4+. The average Bonchev–Trinajstić information content (AvgIpc) is 2.64. The number of phenolic OH excluding ortho intramolecular Hbond substituents is 1. The fourth-order valence-corrected chi connectivity index (χ4v) is 3.64. The van der Waals surface area contributed by atoms with Gasteiger partial charge in [0.1, 0.15) is 6.54 Å². The number of rotatable bonds is 4. The van der Waals surface area contributed by atoms with Crippen LogP contribution >= 0.6 is 0 Å². The number of likely N-dealkylation sites (tertiary alicyclic amines) is 1. The Hall–Kier alpha value is -1.79. The predicted octanol–water partition coefficient (Wildman–Crippen LogP) is 0.0545. The van der Waals surface area contributed by atoms with E-state index in [4.69, 9.17) is 9.47 Å². The van der Waals surface area contributed by atoms with Crippen LogP contribution in [0.5, 0.6) is 11.5 Å². The zero-order valence-corrected chi connectivity index (χ0v) is 14.3. The number of nitrogens with zero attached hydrogens (tertiary/aromatic N) is 1. The van der Waals surface area contributed by atoms with Gasteiger partial charge in [-0.2, -0.15) is 0 Å². The monoisotopic (exact) mass is 335 g/mol. The minimum absolute atomic E-state index is 0.144. The number of ether oxygens (including phenoxy) is 2. The maximum absolute atomic E-state index is 12.6. The Bertz CT molecular complexity index is 564. The molecular weight excluding hydrogens is 308 g/mol. The molecule has 0 aromatic heterocycles. The van der Waals surface area contributed by atoms with Crippen LogP contribution < -0.4 is 9.64 Å². The van der Waals surface area contributed by atoms with Crippen LogP contribution in [0.4, 0.5) is 0 Å². The lowest BCUT2D eigenvalue weighted by atomic mass is 9.94. The average molecular weight is 335 g/mol. The standard InChI is InChI=1S/C18H26N2O4/c1-23-16-4-2-3-15(17(16)21)13-19-7-5-14(6-8-19)18(22)20-9-11-24-12-10-20/h2-4,14,21H,5-13H2,1H3/p+1. The first kappa shape index (κ1) is 17.0. The molecule has 1 aromatic rings. The number of quaternary nitrogens is 1. The van der Waals surface area contributed by atoms with E-state index in [2.05, 4.69) is 0 Å². The highest BCUT2D eigenvalue weighted by atomic mass is 16.5. The summed E-state index contributed by atoms with van der Waals surface area (Å²) in [5.74, 6) is 1.19. The molecule has 132 valence electrons. The van der Waals surface area contributed by atoms with Gasteiger partial charge in [0.15, 0.2) is 11.5 Å². The van der Waals surface area contributed by atoms with Crippen molar-refractivity contribution in [2.75, 3.05) is 46.5 Å². The molecule has 6 heteroatoms. The van der Waals surface area contributed by atoms with Crippen molar-refractivity contribution in [3.63, 3.8) is 0 Å². The number of para-hydroxylation sites is 1. The van der Waals surface area contributed by atoms with Crippen LogP contribution in [0.15, 0.2) is 18.2 Å². The fraction of sp³-hybridized carbons (Fsp3) is 0.611. The van der Waals surface area contributed by atoms with Gasteiger partial charge in [0.2, 0.25) is 5.91 Å². The van der Waals surface area contributed by atoms with E-state index in [9.17, 15) is 9.90 Å². The van der Waals surface area contributed by atoms with Crippen molar-refractivity contribution in [3.05, 3.63) is 23.8 Å². The molecule has 0 unspecified atom stereocenters. The van der Waals surface area contributed by atoms with Gasteiger partial charge in [-0.05, 0) is 12.1 Å². The lowest BCUT2D eigenvalue weighted by Crippen LogP contribution is -3.11. The van der Waals surface area contributed by atoms with Crippen molar-refractivity contribution >= 4 is 5.91 Å². The Kier molecular flexibility index (Phi) is 5.58. The third kappa shape index (κ3) is 3.82. The number of hydrogen-bond donors (Lipinski definition) is 2. The molecule has 0 aliphatic carbocycles. The zero-order chi connectivity index (χ0) is 16.9. The van der Waals surface area contributed by atoms with E-state index >= 15 is 0 Å². The second kappa shape index (κ2) is 7.85. The molecule has 2 aliphatic rings. The van der Waals surface area contributed by atoms with Gasteiger partial charge in [-0.25, -0.2) is 0 Å². The number of carbonyl (C=O) groups is 1. The van der Waals surface area contributed by atoms with E-state index in [1.54, 1.807) is 13.2 Å².